The highest BCUT2D eigenvalue weighted by molar-refractivity contribution is 7.98. The Kier molecular flexibility index (Phi) is 3.32. The maximum absolute atomic E-state index is 11.4. The van der Waals surface area contributed by atoms with E-state index in [2.05, 4.69) is 6.58 Å². The van der Waals surface area contributed by atoms with Crippen molar-refractivity contribution in [1.82, 2.24) is 0 Å². The van der Waals surface area contributed by atoms with Gasteiger partial charge in [0.05, 0.1) is 0 Å². The smallest absolute Gasteiger partial charge is 0.188 e. The number of carbonyl (C=O) groups excluding carboxylic acids is 1. The van der Waals surface area contributed by atoms with Crippen LogP contribution in [0.3, 0.4) is 0 Å². The molecule has 0 bridgehead atoms. The van der Waals surface area contributed by atoms with E-state index in [1.54, 1.807) is 18.7 Å². The van der Waals surface area contributed by atoms with Gasteiger partial charge in [-0.15, -0.1) is 11.8 Å². The van der Waals surface area contributed by atoms with E-state index < -0.39 is 0 Å². The Morgan fingerprint density at radius 1 is 1.31 bits per heavy atom. The van der Waals surface area contributed by atoms with E-state index in [9.17, 15) is 4.79 Å². The number of thioether (sulfide) groups is 1. The van der Waals surface area contributed by atoms with Gasteiger partial charge in [-0.1, -0.05) is 6.58 Å². The van der Waals surface area contributed by atoms with Gasteiger partial charge in [0.1, 0.15) is 0 Å². The second kappa shape index (κ2) is 4.28. The standard InChI is InChI=1S/C11H12OS/c1-8(2)11(12)9-4-6-10(13-3)7-5-9/h4-7H,1H2,2-3H3. The van der Waals surface area contributed by atoms with Gasteiger partial charge < -0.3 is 0 Å². The average molecular weight is 192 g/mol. The fraction of sp³-hybridized carbons (Fsp3) is 0.182. The van der Waals surface area contributed by atoms with Gasteiger partial charge in [-0.2, -0.15) is 0 Å². The van der Waals surface area contributed by atoms with Crippen LogP contribution in [0.25, 0.3) is 0 Å². The minimum Gasteiger partial charge on any atom is -0.289 e. The lowest BCUT2D eigenvalue weighted by molar-refractivity contribution is 0.103. The van der Waals surface area contributed by atoms with Gasteiger partial charge in [-0.3, -0.25) is 4.79 Å². The molecule has 0 heterocycles. The number of hydrogen-bond acceptors (Lipinski definition) is 2. The zero-order valence-electron chi connectivity index (χ0n) is 7.83. The molecule has 0 aliphatic carbocycles. The Morgan fingerprint density at radius 3 is 2.23 bits per heavy atom. The number of rotatable bonds is 3. The molecule has 0 saturated heterocycles. The van der Waals surface area contributed by atoms with E-state index in [-0.39, 0.29) is 5.78 Å². The molecule has 1 aromatic carbocycles. The van der Waals surface area contributed by atoms with Crippen LogP contribution in [0.2, 0.25) is 0 Å². The summed E-state index contributed by atoms with van der Waals surface area (Å²) in [6, 6.07) is 7.56. The van der Waals surface area contributed by atoms with Crippen molar-refractivity contribution >= 4 is 17.5 Å². The lowest BCUT2D eigenvalue weighted by Crippen LogP contribution is -1.98. The van der Waals surface area contributed by atoms with Gasteiger partial charge >= 0.3 is 0 Å². The van der Waals surface area contributed by atoms with Crippen molar-refractivity contribution in [1.29, 1.82) is 0 Å². The summed E-state index contributed by atoms with van der Waals surface area (Å²) >= 11 is 1.66. The summed E-state index contributed by atoms with van der Waals surface area (Å²) in [7, 11) is 0. The van der Waals surface area contributed by atoms with Gasteiger partial charge in [0.25, 0.3) is 0 Å². The van der Waals surface area contributed by atoms with Crippen molar-refractivity contribution in [3.8, 4) is 0 Å². The molecular formula is C11H12OS. The molecule has 1 aromatic rings. The zero-order valence-corrected chi connectivity index (χ0v) is 8.65. The van der Waals surface area contributed by atoms with Crippen LogP contribution in [-0.2, 0) is 0 Å². The quantitative estimate of drug-likeness (QED) is 0.415. The maximum Gasteiger partial charge on any atom is 0.188 e. The molecule has 0 unspecified atom stereocenters. The van der Waals surface area contributed by atoms with Crippen molar-refractivity contribution in [3.05, 3.63) is 42.0 Å². The largest absolute Gasteiger partial charge is 0.289 e. The normalized spacial score (nSPS) is 9.69. The molecule has 1 nitrogen and oxygen atoms in total. The van der Waals surface area contributed by atoms with Crippen LogP contribution >= 0.6 is 11.8 Å². The number of benzene rings is 1. The monoisotopic (exact) mass is 192 g/mol. The van der Waals surface area contributed by atoms with Crippen LogP contribution in [-0.4, -0.2) is 12.0 Å². The predicted molar refractivity (Wildman–Crippen MR) is 57.4 cm³/mol. The number of hydrogen-bond donors (Lipinski definition) is 0. The summed E-state index contributed by atoms with van der Waals surface area (Å²) in [5, 5.41) is 0. The maximum atomic E-state index is 11.4. The summed E-state index contributed by atoms with van der Waals surface area (Å²) in [6.45, 7) is 5.35. The first-order valence-electron chi connectivity index (χ1n) is 3.99. The minimum atomic E-state index is 0.0210. The fourth-order valence-electron chi connectivity index (χ4n) is 0.989. The predicted octanol–water partition coefficient (Wildman–Crippen LogP) is 3.17. The van der Waals surface area contributed by atoms with E-state index in [0.29, 0.717) is 11.1 Å². The number of carbonyl (C=O) groups is 1. The molecule has 1 rings (SSSR count). The Bertz CT molecular complexity index is 324. The molecule has 0 aliphatic heterocycles. The molecule has 0 spiro atoms. The van der Waals surface area contributed by atoms with Crippen LogP contribution in [0.1, 0.15) is 17.3 Å². The lowest BCUT2D eigenvalue weighted by atomic mass is 10.1. The van der Waals surface area contributed by atoms with Crippen molar-refractivity contribution < 1.29 is 4.79 Å². The summed E-state index contributed by atoms with van der Waals surface area (Å²) in [5.74, 6) is 0.0210. The van der Waals surface area contributed by atoms with Gasteiger partial charge in [-0.25, -0.2) is 0 Å². The third kappa shape index (κ3) is 2.46. The van der Waals surface area contributed by atoms with Crippen molar-refractivity contribution in [2.45, 2.75) is 11.8 Å². The first-order valence-corrected chi connectivity index (χ1v) is 5.22. The van der Waals surface area contributed by atoms with Crippen LogP contribution in [0.4, 0.5) is 0 Å². The minimum absolute atomic E-state index is 0.0210. The highest BCUT2D eigenvalue weighted by Crippen LogP contribution is 2.16. The average Bonchev–Trinajstić information content (AvgIpc) is 2.17. The van der Waals surface area contributed by atoms with E-state index in [0.717, 1.165) is 0 Å². The molecular weight excluding hydrogens is 180 g/mol. The Labute approximate surface area is 82.9 Å². The topological polar surface area (TPSA) is 17.1 Å². The Hall–Kier alpha value is -1.02. The zero-order chi connectivity index (χ0) is 9.84. The van der Waals surface area contributed by atoms with Crippen molar-refractivity contribution in [2.24, 2.45) is 0 Å². The molecule has 0 amide bonds. The fourth-order valence-corrected chi connectivity index (χ4v) is 1.40. The molecule has 0 radical (unpaired) electrons. The second-order valence-electron chi connectivity index (χ2n) is 2.84. The molecule has 0 fully saturated rings. The molecule has 13 heavy (non-hydrogen) atoms. The van der Waals surface area contributed by atoms with Crippen LogP contribution in [0, 0.1) is 0 Å². The molecule has 0 atom stereocenters. The molecule has 68 valence electrons. The SMILES string of the molecule is C=C(C)C(=O)c1ccc(SC)cc1. The third-order valence-electron chi connectivity index (χ3n) is 1.74. The van der Waals surface area contributed by atoms with E-state index >= 15 is 0 Å². The Morgan fingerprint density at radius 2 is 1.85 bits per heavy atom. The van der Waals surface area contributed by atoms with Gasteiger partial charge in [0.2, 0.25) is 0 Å². The number of ketones is 1. The van der Waals surface area contributed by atoms with Crippen LogP contribution in [0.5, 0.6) is 0 Å². The summed E-state index contributed by atoms with van der Waals surface area (Å²) in [4.78, 5) is 12.6. The lowest BCUT2D eigenvalue weighted by Gasteiger charge is -2.00. The van der Waals surface area contributed by atoms with Crippen LogP contribution in [0.15, 0.2) is 41.3 Å². The molecule has 2 heteroatoms. The summed E-state index contributed by atoms with van der Waals surface area (Å²) < 4.78 is 0. The first kappa shape index (κ1) is 10.1. The van der Waals surface area contributed by atoms with Gasteiger partial charge in [0.15, 0.2) is 5.78 Å². The third-order valence-corrected chi connectivity index (χ3v) is 2.48. The highest BCUT2D eigenvalue weighted by atomic mass is 32.2. The molecule has 0 N–H and O–H groups in total. The molecule has 0 aliphatic rings. The number of allylic oxidation sites excluding steroid dienone is 1. The van der Waals surface area contributed by atoms with E-state index in [1.165, 1.54) is 4.90 Å². The van der Waals surface area contributed by atoms with Crippen molar-refractivity contribution in [3.63, 3.8) is 0 Å². The molecule has 0 saturated carbocycles. The summed E-state index contributed by atoms with van der Waals surface area (Å²) in [6.07, 6.45) is 2.01. The number of Topliss-reactive ketones (excluding diaryl/α,β-unsaturated/α-hetero) is 1. The molecule has 0 aromatic heterocycles. The summed E-state index contributed by atoms with van der Waals surface area (Å²) in [5.41, 5.74) is 1.29. The van der Waals surface area contributed by atoms with E-state index in [4.69, 9.17) is 0 Å². The Balaban J connectivity index is 2.92. The first-order chi connectivity index (χ1) is 6.15. The highest BCUT2D eigenvalue weighted by Gasteiger charge is 2.04. The van der Waals surface area contributed by atoms with Crippen LogP contribution < -0.4 is 0 Å². The van der Waals surface area contributed by atoms with Gasteiger partial charge in [0, 0.05) is 10.5 Å². The van der Waals surface area contributed by atoms with Gasteiger partial charge in [-0.05, 0) is 43.0 Å². The second-order valence-corrected chi connectivity index (χ2v) is 3.72. The van der Waals surface area contributed by atoms with E-state index in [1.807, 2.05) is 30.5 Å². The van der Waals surface area contributed by atoms with Crippen molar-refractivity contribution in [2.75, 3.05) is 6.26 Å².